The Balaban J connectivity index is 1.92. The van der Waals surface area contributed by atoms with Crippen LogP contribution in [-0.2, 0) is 0 Å². The van der Waals surface area contributed by atoms with Gasteiger partial charge in [-0.15, -0.1) is 0 Å². The van der Waals surface area contributed by atoms with Crippen molar-refractivity contribution in [2.75, 3.05) is 5.32 Å². The van der Waals surface area contributed by atoms with Crippen LogP contribution in [0.2, 0.25) is 5.02 Å². The largest absolute Gasteiger partial charge is 0.372 e. The quantitative estimate of drug-likeness (QED) is 0.411. The molecule has 1 aliphatic heterocycles. The van der Waals surface area contributed by atoms with Crippen LogP contribution >= 0.6 is 11.6 Å². The Kier molecular flexibility index (Phi) is 4.34. The Morgan fingerprint density at radius 2 is 1.89 bits per heavy atom. The van der Waals surface area contributed by atoms with E-state index < -0.39 is 4.92 Å². The van der Waals surface area contributed by atoms with Gasteiger partial charge in [0.2, 0.25) is 0 Å². The third kappa shape index (κ3) is 2.74. The fourth-order valence-electron chi connectivity index (χ4n) is 4.42. The zero-order valence-corrected chi connectivity index (χ0v) is 16.1. The number of nitrogens with zero attached hydrogens (tertiary/aromatic N) is 2. The summed E-state index contributed by atoms with van der Waals surface area (Å²) in [4.78, 5) is 22.1. The van der Waals surface area contributed by atoms with Crippen LogP contribution in [0.4, 0.5) is 17.1 Å². The first kappa shape index (κ1) is 18.4. The molecule has 144 valence electrons. The van der Waals surface area contributed by atoms with Gasteiger partial charge in [-0.25, -0.2) is 0 Å². The van der Waals surface area contributed by atoms with Gasteiger partial charge in [0.25, 0.3) is 11.4 Å². The van der Waals surface area contributed by atoms with Crippen LogP contribution in [0.25, 0.3) is 0 Å². The maximum Gasteiger partial charge on any atom is 0.292 e. The average Bonchev–Trinajstić information content (AvgIpc) is 3.13. The normalized spacial score (nSPS) is 22.3. The van der Waals surface area contributed by atoms with Crippen molar-refractivity contribution in [1.82, 2.24) is 0 Å². The molecule has 0 unspecified atom stereocenters. The van der Waals surface area contributed by atoms with Crippen LogP contribution in [0, 0.1) is 40.0 Å². The highest BCUT2D eigenvalue weighted by atomic mass is 35.5. The molecule has 0 radical (unpaired) electrons. The number of nitro benzene ring substituents is 2. The summed E-state index contributed by atoms with van der Waals surface area (Å²) in [5.74, 6) is 0.0716. The van der Waals surface area contributed by atoms with Gasteiger partial charge < -0.3 is 5.32 Å². The van der Waals surface area contributed by atoms with Gasteiger partial charge in [-0.1, -0.05) is 23.8 Å². The molecule has 1 aliphatic carbocycles. The number of nitro groups is 2. The van der Waals surface area contributed by atoms with Crippen molar-refractivity contribution in [3.8, 4) is 0 Å². The first-order chi connectivity index (χ1) is 13.3. The summed E-state index contributed by atoms with van der Waals surface area (Å²) in [6, 6.07) is 5.56. The number of allylic oxidation sites excluding steroid dienone is 2. The molecule has 1 N–H and O–H groups in total. The first-order valence-electron chi connectivity index (χ1n) is 8.95. The zero-order chi connectivity index (χ0) is 20.2. The number of benzene rings is 2. The molecule has 2 aromatic carbocycles. The molecule has 0 spiro atoms. The second-order valence-electron chi connectivity index (χ2n) is 7.32. The van der Waals surface area contributed by atoms with Crippen molar-refractivity contribution in [2.45, 2.75) is 32.2 Å². The number of anilines is 1. The summed E-state index contributed by atoms with van der Waals surface area (Å²) in [5.41, 5.74) is 3.87. The van der Waals surface area contributed by atoms with E-state index in [2.05, 4.69) is 17.5 Å². The Labute approximate surface area is 166 Å². The Bertz CT molecular complexity index is 1050. The molecule has 0 saturated heterocycles. The van der Waals surface area contributed by atoms with Crippen molar-refractivity contribution in [3.63, 3.8) is 0 Å². The van der Waals surface area contributed by atoms with E-state index in [1.165, 1.54) is 18.2 Å². The standard InChI is InChI=1S/C20H18ClN3O4/c1-10-8-17(24(27)28)20-18(11(10)2)13-4-3-5-14(13)19(22-20)15-9-12(23(25)26)6-7-16(15)21/h3-4,6-9,13-14,19,22H,5H2,1-2H3/t13-,14+,19-/m1/s1. The molecule has 4 rings (SSSR count). The molecule has 8 heteroatoms. The first-order valence-corrected chi connectivity index (χ1v) is 9.33. The van der Waals surface area contributed by atoms with Crippen molar-refractivity contribution < 1.29 is 9.85 Å². The number of halogens is 1. The van der Waals surface area contributed by atoms with E-state index in [1.807, 2.05) is 13.8 Å². The van der Waals surface area contributed by atoms with E-state index in [-0.39, 0.29) is 34.2 Å². The average molecular weight is 400 g/mol. The molecule has 2 aliphatic rings. The molecule has 1 heterocycles. The molecular formula is C20H18ClN3O4. The third-order valence-corrected chi connectivity index (χ3v) is 6.21. The number of nitrogens with one attached hydrogen (secondary N) is 1. The van der Waals surface area contributed by atoms with E-state index >= 15 is 0 Å². The van der Waals surface area contributed by atoms with Crippen LogP contribution in [0.3, 0.4) is 0 Å². The second-order valence-corrected chi connectivity index (χ2v) is 7.73. The van der Waals surface area contributed by atoms with Crippen molar-refractivity contribution in [2.24, 2.45) is 5.92 Å². The predicted octanol–water partition coefficient (Wildman–Crippen LogP) is 5.60. The third-order valence-electron chi connectivity index (χ3n) is 5.87. The fourth-order valence-corrected chi connectivity index (χ4v) is 4.65. The second kappa shape index (κ2) is 6.60. The molecule has 0 amide bonds. The van der Waals surface area contributed by atoms with Crippen molar-refractivity contribution in [1.29, 1.82) is 0 Å². The summed E-state index contributed by atoms with van der Waals surface area (Å²) < 4.78 is 0. The van der Waals surface area contributed by atoms with Crippen LogP contribution in [0.15, 0.2) is 36.4 Å². The highest BCUT2D eigenvalue weighted by Crippen LogP contribution is 2.54. The van der Waals surface area contributed by atoms with E-state index in [9.17, 15) is 20.2 Å². The van der Waals surface area contributed by atoms with Crippen LogP contribution < -0.4 is 5.32 Å². The van der Waals surface area contributed by atoms with Crippen molar-refractivity contribution >= 4 is 28.7 Å². The van der Waals surface area contributed by atoms with E-state index in [0.717, 1.165) is 23.1 Å². The summed E-state index contributed by atoms with van der Waals surface area (Å²) in [6.45, 7) is 3.85. The number of fused-ring (bicyclic) bond motifs is 3. The molecular weight excluding hydrogens is 382 g/mol. The molecule has 0 bridgehead atoms. The minimum atomic E-state index is -0.461. The zero-order valence-electron chi connectivity index (χ0n) is 15.3. The van der Waals surface area contributed by atoms with E-state index in [0.29, 0.717) is 16.3 Å². The van der Waals surface area contributed by atoms with Gasteiger partial charge in [0.05, 0.1) is 15.9 Å². The molecule has 28 heavy (non-hydrogen) atoms. The van der Waals surface area contributed by atoms with Crippen LogP contribution in [0.1, 0.15) is 40.6 Å². The Morgan fingerprint density at radius 3 is 2.57 bits per heavy atom. The van der Waals surface area contributed by atoms with Gasteiger partial charge in [-0.2, -0.15) is 0 Å². The summed E-state index contributed by atoms with van der Waals surface area (Å²) in [7, 11) is 0. The monoisotopic (exact) mass is 399 g/mol. The SMILES string of the molecule is Cc1cc([N+](=O)[O-])c2c(c1C)[C@@H]1C=CC[C@@H]1[C@H](c1cc([N+](=O)[O-])ccc1Cl)N2. The lowest BCUT2D eigenvalue weighted by molar-refractivity contribution is -0.384. The minimum absolute atomic E-state index is 0.00446. The maximum atomic E-state index is 11.7. The lowest BCUT2D eigenvalue weighted by atomic mass is 9.74. The molecule has 7 nitrogen and oxygen atoms in total. The number of aryl methyl sites for hydroxylation is 1. The molecule has 3 atom stereocenters. The van der Waals surface area contributed by atoms with E-state index in [4.69, 9.17) is 11.6 Å². The maximum absolute atomic E-state index is 11.7. The van der Waals surface area contributed by atoms with Gasteiger partial charge in [0, 0.05) is 34.7 Å². The van der Waals surface area contributed by atoms with Crippen molar-refractivity contribution in [3.05, 3.63) is 83.9 Å². The lowest BCUT2D eigenvalue weighted by Gasteiger charge is -2.38. The lowest BCUT2D eigenvalue weighted by Crippen LogP contribution is -2.30. The number of rotatable bonds is 3. The molecule has 0 saturated carbocycles. The molecule has 0 fully saturated rings. The highest BCUT2D eigenvalue weighted by Gasteiger charge is 2.42. The van der Waals surface area contributed by atoms with Gasteiger partial charge >= 0.3 is 0 Å². The van der Waals surface area contributed by atoms with Gasteiger partial charge in [0.15, 0.2) is 0 Å². The molecule has 2 aromatic rings. The summed E-state index contributed by atoms with van der Waals surface area (Å²) in [5, 5.41) is 26.7. The van der Waals surface area contributed by atoms with Gasteiger partial charge in [-0.05, 0) is 48.9 Å². The molecule has 0 aromatic heterocycles. The number of hydrogen-bond acceptors (Lipinski definition) is 5. The highest BCUT2D eigenvalue weighted by molar-refractivity contribution is 6.31. The summed E-state index contributed by atoms with van der Waals surface area (Å²) >= 11 is 6.39. The Hall–Kier alpha value is -2.93. The Morgan fingerprint density at radius 1 is 1.14 bits per heavy atom. The van der Waals surface area contributed by atoms with Gasteiger partial charge in [-0.3, -0.25) is 20.2 Å². The number of hydrogen-bond donors (Lipinski definition) is 1. The van der Waals surface area contributed by atoms with E-state index in [1.54, 1.807) is 6.07 Å². The summed E-state index contributed by atoms with van der Waals surface area (Å²) in [6.07, 6.45) is 4.92. The smallest absolute Gasteiger partial charge is 0.292 e. The fraction of sp³-hybridized carbons (Fsp3) is 0.300. The van der Waals surface area contributed by atoms with Crippen LogP contribution in [0.5, 0.6) is 0 Å². The van der Waals surface area contributed by atoms with Gasteiger partial charge in [0.1, 0.15) is 5.69 Å². The topological polar surface area (TPSA) is 98.3 Å². The minimum Gasteiger partial charge on any atom is -0.372 e. The number of non-ortho nitro benzene ring substituents is 1. The van der Waals surface area contributed by atoms with Crippen LogP contribution in [-0.4, -0.2) is 9.85 Å². The predicted molar refractivity (Wildman–Crippen MR) is 107 cm³/mol.